The molecule has 162 valence electrons. The van der Waals surface area contributed by atoms with Gasteiger partial charge in [-0.25, -0.2) is 0 Å². The molecule has 0 unspecified atom stereocenters. The maximum absolute atomic E-state index is 10.2. The fraction of sp³-hybridized carbons (Fsp3) is 0.824. The SMILES string of the molecule is CC(CO)(CO)C(=O)O.O=C(O)CCCCC(=O)O.OCCCCCCO. The summed E-state index contributed by atoms with van der Waals surface area (Å²) in [4.78, 5) is 30.0. The Morgan fingerprint density at radius 1 is 0.630 bits per heavy atom. The van der Waals surface area contributed by atoms with Crippen molar-refractivity contribution in [1.82, 2.24) is 0 Å². The van der Waals surface area contributed by atoms with Gasteiger partial charge in [-0.3, -0.25) is 14.4 Å². The highest BCUT2D eigenvalue weighted by atomic mass is 16.4. The smallest absolute Gasteiger partial charge is 0.314 e. The molecule has 0 saturated heterocycles. The van der Waals surface area contributed by atoms with Gasteiger partial charge in [0.2, 0.25) is 0 Å². The molecule has 0 spiro atoms. The minimum absolute atomic E-state index is 0.0628. The number of aliphatic hydroxyl groups is 4. The van der Waals surface area contributed by atoms with Gasteiger partial charge in [-0.2, -0.15) is 0 Å². The molecule has 0 aromatic heterocycles. The van der Waals surface area contributed by atoms with Gasteiger partial charge in [-0.15, -0.1) is 0 Å². The maximum Gasteiger partial charge on any atom is 0.314 e. The lowest BCUT2D eigenvalue weighted by atomic mass is 9.94. The second-order valence-corrected chi connectivity index (χ2v) is 6.04. The lowest BCUT2D eigenvalue weighted by Gasteiger charge is -2.17. The Morgan fingerprint density at radius 2 is 0.963 bits per heavy atom. The van der Waals surface area contributed by atoms with Crippen molar-refractivity contribution >= 4 is 17.9 Å². The third kappa shape index (κ3) is 24.2. The molecule has 0 atom stereocenters. The summed E-state index contributed by atoms with van der Waals surface area (Å²) >= 11 is 0. The highest BCUT2D eigenvalue weighted by molar-refractivity contribution is 5.74. The number of rotatable bonds is 13. The van der Waals surface area contributed by atoms with Crippen molar-refractivity contribution < 1.29 is 50.1 Å². The molecule has 0 saturated carbocycles. The van der Waals surface area contributed by atoms with Crippen molar-refractivity contribution in [3.8, 4) is 0 Å². The van der Waals surface area contributed by atoms with Crippen LogP contribution in [0.4, 0.5) is 0 Å². The number of hydrogen-bond acceptors (Lipinski definition) is 7. The first-order valence-electron chi connectivity index (χ1n) is 8.71. The van der Waals surface area contributed by atoms with E-state index in [1.54, 1.807) is 0 Å². The van der Waals surface area contributed by atoms with Crippen molar-refractivity contribution in [2.24, 2.45) is 5.41 Å². The number of aliphatic hydroxyl groups excluding tert-OH is 4. The predicted molar refractivity (Wildman–Crippen MR) is 96.3 cm³/mol. The standard InChI is InChI=1S/C6H10O4.C6H14O2.C5H10O4/c7-5(8)3-1-2-4-6(9)10;7-5-3-1-2-4-6-8;1-5(2-6,3-7)4(8)9/h1-4H2,(H,7,8)(H,9,10);7-8H,1-6H2;6-7H,2-3H2,1H3,(H,8,9). The van der Waals surface area contributed by atoms with E-state index in [9.17, 15) is 14.4 Å². The van der Waals surface area contributed by atoms with Gasteiger partial charge >= 0.3 is 17.9 Å². The van der Waals surface area contributed by atoms with Crippen molar-refractivity contribution in [3.63, 3.8) is 0 Å². The second kappa shape index (κ2) is 20.6. The van der Waals surface area contributed by atoms with Crippen LogP contribution in [-0.2, 0) is 14.4 Å². The average Bonchev–Trinajstić information content (AvgIpc) is 2.62. The molecule has 0 aliphatic carbocycles. The Hall–Kier alpha value is -1.75. The summed E-state index contributed by atoms with van der Waals surface area (Å²) in [5.41, 5.74) is -1.39. The topological polar surface area (TPSA) is 193 Å². The van der Waals surface area contributed by atoms with Crippen LogP contribution in [0.2, 0.25) is 0 Å². The Balaban J connectivity index is -0.000000322. The molecule has 10 heteroatoms. The van der Waals surface area contributed by atoms with Gasteiger partial charge in [0.1, 0.15) is 5.41 Å². The van der Waals surface area contributed by atoms with Gasteiger partial charge < -0.3 is 35.7 Å². The second-order valence-electron chi connectivity index (χ2n) is 6.04. The van der Waals surface area contributed by atoms with Crippen LogP contribution in [0, 0.1) is 5.41 Å². The molecule has 0 fully saturated rings. The van der Waals surface area contributed by atoms with E-state index in [1.165, 1.54) is 6.92 Å². The van der Waals surface area contributed by atoms with Crippen molar-refractivity contribution in [2.75, 3.05) is 26.4 Å². The molecular formula is C17H34O10. The molecule has 0 rings (SSSR count). The van der Waals surface area contributed by atoms with Gasteiger partial charge in [0.15, 0.2) is 0 Å². The number of carboxylic acids is 3. The first kappa shape index (κ1) is 30.0. The van der Waals surface area contributed by atoms with Gasteiger partial charge in [-0.05, 0) is 32.6 Å². The maximum atomic E-state index is 10.2. The molecule has 0 amide bonds. The molecular weight excluding hydrogens is 364 g/mol. The summed E-state index contributed by atoms with van der Waals surface area (Å²) in [6, 6.07) is 0. The third-order valence-corrected chi connectivity index (χ3v) is 3.31. The number of hydrogen-bond donors (Lipinski definition) is 7. The van der Waals surface area contributed by atoms with E-state index in [0.29, 0.717) is 12.8 Å². The van der Waals surface area contributed by atoms with Crippen LogP contribution in [0.25, 0.3) is 0 Å². The van der Waals surface area contributed by atoms with E-state index in [2.05, 4.69) is 0 Å². The molecule has 10 nitrogen and oxygen atoms in total. The summed E-state index contributed by atoms with van der Waals surface area (Å²) in [6.07, 6.45) is 4.85. The lowest BCUT2D eigenvalue weighted by Crippen LogP contribution is -2.35. The number of carbonyl (C=O) groups is 3. The minimum atomic E-state index is -1.39. The lowest BCUT2D eigenvalue weighted by molar-refractivity contribution is -0.153. The molecule has 0 aliphatic rings. The Bertz CT molecular complexity index is 358. The minimum Gasteiger partial charge on any atom is -0.481 e. The summed E-state index contributed by atoms with van der Waals surface area (Å²) in [5, 5.41) is 58.0. The Morgan fingerprint density at radius 3 is 1.11 bits per heavy atom. The number of unbranched alkanes of at least 4 members (excludes halogenated alkanes) is 4. The zero-order chi connectivity index (χ0) is 21.7. The van der Waals surface area contributed by atoms with Crippen molar-refractivity contribution in [1.29, 1.82) is 0 Å². The fourth-order valence-corrected chi connectivity index (χ4v) is 1.31. The summed E-state index contributed by atoms with van der Waals surface area (Å²) in [6.45, 7) is 0.754. The van der Waals surface area contributed by atoms with Crippen LogP contribution in [0.15, 0.2) is 0 Å². The molecule has 27 heavy (non-hydrogen) atoms. The average molecular weight is 398 g/mol. The number of carboxylic acid groups (broad SMARTS) is 3. The van der Waals surface area contributed by atoms with E-state index in [0.717, 1.165) is 25.7 Å². The molecule has 0 aromatic carbocycles. The predicted octanol–water partition coefficient (Wildman–Crippen LogP) is 0.309. The highest BCUT2D eigenvalue weighted by Crippen LogP contribution is 2.12. The van der Waals surface area contributed by atoms with Crippen LogP contribution < -0.4 is 0 Å². The largest absolute Gasteiger partial charge is 0.481 e. The molecule has 7 N–H and O–H groups in total. The molecule has 0 aliphatic heterocycles. The summed E-state index contributed by atoms with van der Waals surface area (Å²) < 4.78 is 0. The highest BCUT2D eigenvalue weighted by Gasteiger charge is 2.31. The molecule has 0 aromatic rings. The van der Waals surface area contributed by atoms with E-state index >= 15 is 0 Å². The normalized spacial score (nSPS) is 10.1. The van der Waals surface area contributed by atoms with Gasteiger partial charge in [0, 0.05) is 26.1 Å². The van der Waals surface area contributed by atoms with Crippen LogP contribution in [0.3, 0.4) is 0 Å². The van der Waals surface area contributed by atoms with Gasteiger partial charge in [0.05, 0.1) is 13.2 Å². The molecule has 0 heterocycles. The quantitative estimate of drug-likeness (QED) is 0.212. The summed E-state index contributed by atoms with van der Waals surface area (Å²) in [7, 11) is 0. The fourth-order valence-electron chi connectivity index (χ4n) is 1.31. The van der Waals surface area contributed by atoms with Crippen LogP contribution in [-0.4, -0.2) is 80.1 Å². The van der Waals surface area contributed by atoms with Crippen molar-refractivity contribution in [3.05, 3.63) is 0 Å². The zero-order valence-corrected chi connectivity index (χ0v) is 15.8. The third-order valence-electron chi connectivity index (χ3n) is 3.31. The molecule has 0 bridgehead atoms. The van der Waals surface area contributed by atoms with Gasteiger partial charge in [0.25, 0.3) is 0 Å². The van der Waals surface area contributed by atoms with E-state index < -0.39 is 36.5 Å². The molecule has 0 radical (unpaired) electrons. The van der Waals surface area contributed by atoms with E-state index in [4.69, 9.17) is 35.7 Å². The van der Waals surface area contributed by atoms with Gasteiger partial charge in [-0.1, -0.05) is 12.8 Å². The Kier molecular flexibility index (Phi) is 22.8. The van der Waals surface area contributed by atoms with Crippen LogP contribution in [0.5, 0.6) is 0 Å². The van der Waals surface area contributed by atoms with Crippen LogP contribution >= 0.6 is 0 Å². The Labute approximate surface area is 159 Å². The number of aliphatic carboxylic acids is 3. The van der Waals surface area contributed by atoms with Crippen LogP contribution in [0.1, 0.15) is 58.3 Å². The zero-order valence-electron chi connectivity index (χ0n) is 15.8. The van der Waals surface area contributed by atoms with E-state index in [-0.39, 0.29) is 26.1 Å². The monoisotopic (exact) mass is 398 g/mol. The summed E-state index contributed by atoms with van der Waals surface area (Å²) in [5.74, 6) is -2.93. The first-order valence-corrected chi connectivity index (χ1v) is 8.71. The van der Waals surface area contributed by atoms with Crippen molar-refractivity contribution in [2.45, 2.75) is 58.3 Å². The first-order chi connectivity index (χ1) is 12.6. The van der Waals surface area contributed by atoms with E-state index in [1.807, 2.05) is 0 Å².